The molecular formula is C17H23N3O. The quantitative estimate of drug-likeness (QED) is 0.909. The fourth-order valence-electron chi connectivity index (χ4n) is 1.81. The number of nitrogens with zero attached hydrogens (tertiary/aromatic N) is 2. The van der Waals surface area contributed by atoms with Crippen LogP contribution in [0.15, 0.2) is 30.3 Å². The summed E-state index contributed by atoms with van der Waals surface area (Å²) in [7, 11) is 0. The Labute approximate surface area is 126 Å². The molecule has 0 saturated carbocycles. The van der Waals surface area contributed by atoms with Gasteiger partial charge in [-0.05, 0) is 26.0 Å². The van der Waals surface area contributed by atoms with Gasteiger partial charge in [0.25, 0.3) is 0 Å². The molecule has 0 spiro atoms. The van der Waals surface area contributed by atoms with Crippen molar-refractivity contribution in [1.82, 2.24) is 9.97 Å². The summed E-state index contributed by atoms with van der Waals surface area (Å²) in [6.45, 7) is 11.2. The number of nitrogens with one attached hydrogen (secondary N) is 1. The van der Waals surface area contributed by atoms with Crippen LogP contribution >= 0.6 is 0 Å². The topological polar surface area (TPSA) is 47.0 Å². The van der Waals surface area contributed by atoms with E-state index >= 15 is 0 Å². The Balaban J connectivity index is 2.33. The number of hydrogen-bond donors (Lipinski definition) is 1. The van der Waals surface area contributed by atoms with Crippen molar-refractivity contribution in [2.24, 2.45) is 0 Å². The highest BCUT2D eigenvalue weighted by atomic mass is 16.5. The standard InChI is InChI=1S/C17H23N3O/c1-6-18-14-11-15(20-16(19-14)17(3,4)5)21-13-9-7-12(2)8-10-13/h7-11H,6H2,1-5H3,(H,18,19,20). The normalized spacial score (nSPS) is 11.3. The summed E-state index contributed by atoms with van der Waals surface area (Å²) in [6.07, 6.45) is 0. The van der Waals surface area contributed by atoms with Crippen molar-refractivity contribution in [2.45, 2.75) is 40.0 Å². The molecule has 2 aromatic rings. The van der Waals surface area contributed by atoms with Gasteiger partial charge in [0.15, 0.2) is 0 Å². The van der Waals surface area contributed by atoms with Gasteiger partial charge < -0.3 is 10.1 Å². The zero-order valence-electron chi connectivity index (χ0n) is 13.4. The fraction of sp³-hybridized carbons (Fsp3) is 0.412. The van der Waals surface area contributed by atoms with Crippen molar-refractivity contribution in [1.29, 1.82) is 0 Å². The van der Waals surface area contributed by atoms with Crippen LogP contribution in [-0.4, -0.2) is 16.5 Å². The average Bonchev–Trinajstić information content (AvgIpc) is 2.41. The molecule has 112 valence electrons. The Hall–Kier alpha value is -2.10. The highest BCUT2D eigenvalue weighted by Gasteiger charge is 2.19. The number of aryl methyl sites for hydroxylation is 1. The third-order valence-corrected chi connectivity index (χ3v) is 2.97. The number of ether oxygens (including phenoxy) is 1. The van der Waals surface area contributed by atoms with Gasteiger partial charge in [0.05, 0.1) is 0 Å². The Morgan fingerprint density at radius 1 is 1.10 bits per heavy atom. The zero-order chi connectivity index (χ0) is 15.5. The number of aromatic nitrogens is 2. The third kappa shape index (κ3) is 4.18. The molecule has 4 nitrogen and oxygen atoms in total. The molecule has 0 radical (unpaired) electrons. The van der Waals surface area contributed by atoms with Gasteiger partial charge in [0.1, 0.15) is 17.4 Å². The van der Waals surface area contributed by atoms with Crippen LogP contribution < -0.4 is 10.1 Å². The molecule has 0 atom stereocenters. The number of rotatable bonds is 4. The second kappa shape index (κ2) is 6.12. The maximum Gasteiger partial charge on any atom is 0.224 e. The minimum Gasteiger partial charge on any atom is -0.439 e. The summed E-state index contributed by atoms with van der Waals surface area (Å²) in [5.74, 6) is 2.90. The van der Waals surface area contributed by atoms with E-state index in [1.165, 1.54) is 5.56 Å². The first-order valence-electron chi connectivity index (χ1n) is 7.26. The molecule has 0 aliphatic carbocycles. The lowest BCUT2D eigenvalue weighted by molar-refractivity contribution is 0.446. The summed E-state index contributed by atoms with van der Waals surface area (Å²) < 4.78 is 5.87. The van der Waals surface area contributed by atoms with Crippen molar-refractivity contribution < 1.29 is 4.74 Å². The first-order valence-corrected chi connectivity index (χ1v) is 7.26. The molecule has 1 N–H and O–H groups in total. The van der Waals surface area contributed by atoms with Gasteiger partial charge in [0.2, 0.25) is 5.88 Å². The molecule has 0 unspecified atom stereocenters. The van der Waals surface area contributed by atoms with E-state index in [9.17, 15) is 0 Å². The molecule has 0 bridgehead atoms. The maximum atomic E-state index is 5.87. The van der Waals surface area contributed by atoms with Gasteiger partial charge in [-0.1, -0.05) is 38.5 Å². The van der Waals surface area contributed by atoms with Crippen LogP contribution in [-0.2, 0) is 5.41 Å². The Kier molecular flexibility index (Phi) is 4.46. The van der Waals surface area contributed by atoms with Crippen molar-refractivity contribution >= 4 is 5.82 Å². The van der Waals surface area contributed by atoms with Crippen LogP contribution in [0.1, 0.15) is 39.1 Å². The predicted molar refractivity (Wildman–Crippen MR) is 86.1 cm³/mol. The number of benzene rings is 1. The predicted octanol–water partition coefficient (Wildman–Crippen LogP) is 4.31. The van der Waals surface area contributed by atoms with Crippen LogP contribution in [0.25, 0.3) is 0 Å². The lowest BCUT2D eigenvalue weighted by atomic mass is 9.96. The second-order valence-electron chi connectivity index (χ2n) is 6.11. The minimum atomic E-state index is -0.128. The summed E-state index contributed by atoms with van der Waals surface area (Å²) in [5, 5.41) is 3.22. The van der Waals surface area contributed by atoms with Gasteiger partial charge in [0, 0.05) is 18.0 Å². The van der Waals surface area contributed by atoms with Crippen molar-refractivity contribution in [3.05, 3.63) is 41.7 Å². The van der Waals surface area contributed by atoms with Gasteiger partial charge >= 0.3 is 0 Å². The molecule has 0 saturated heterocycles. The molecule has 21 heavy (non-hydrogen) atoms. The van der Waals surface area contributed by atoms with Gasteiger partial charge in [-0.25, -0.2) is 4.98 Å². The molecule has 4 heteroatoms. The zero-order valence-corrected chi connectivity index (χ0v) is 13.4. The van der Waals surface area contributed by atoms with E-state index in [1.807, 2.05) is 37.3 Å². The van der Waals surface area contributed by atoms with E-state index in [2.05, 4.69) is 43.0 Å². The number of hydrogen-bond acceptors (Lipinski definition) is 4. The highest BCUT2D eigenvalue weighted by Crippen LogP contribution is 2.26. The van der Waals surface area contributed by atoms with Crippen LogP contribution in [0.3, 0.4) is 0 Å². The van der Waals surface area contributed by atoms with E-state index in [0.717, 1.165) is 23.9 Å². The van der Waals surface area contributed by atoms with Crippen molar-refractivity contribution in [2.75, 3.05) is 11.9 Å². The van der Waals surface area contributed by atoms with Crippen LogP contribution in [0, 0.1) is 6.92 Å². The smallest absolute Gasteiger partial charge is 0.224 e. The lowest BCUT2D eigenvalue weighted by Crippen LogP contribution is -2.17. The first kappa shape index (κ1) is 15.3. The molecular weight excluding hydrogens is 262 g/mol. The van der Waals surface area contributed by atoms with Crippen molar-refractivity contribution in [3.8, 4) is 11.6 Å². The van der Waals surface area contributed by atoms with Gasteiger partial charge in [-0.3, -0.25) is 0 Å². The summed E-state index contributed by atoms with van der Waals surface area (Å²) in [5.41, 5.74) is 1.07. The lowest BCUT2D eigenvalue weighted by Gasteiger charge is -2.18. The molecule has 0 fully saturated rings. The molecule has 2 rings (SSSR count). The average molecular weight is 285 g/mol. The first-order chi connectivity index (χ1) is 9.88. The molecule has 1 aromatic heterocycles. The maximum absolute atomic E-state index is 5.87. The van der Waals surface area contributed by atoms with Crippen molar-refractivity contribution in [3.63, 3.8) is 0 Å². The van der Waals surface area contributed by atoms with E-state index in [1.54, 1.807) is 0 Å². The van der Waals surface area contributed by atoms with Gasteiger partial charge in [-0.15, -0.1) is 0 Å². The van der Waals surface area contributed by atoms with Crippen LogP contribution in [0.2, 0.25) is 0 Å². The summed E-state index contributed by atoms with van der Waals surface area (Å²) in [6, 6.07) is 9.76. The van der Waals surface area contributed by atoms with E-state index in [0.29, 0.717) is 5.88 Å². The van der Waals surface area contributed by atoms with Gasteiger partial charge in [-0.2, -0.15) is 4.98 Å². The van der Waals surface area contributed by atoms with Crippen LogP contribution in [0.4, 0.5) is 5.82 Å². The van der Waals surface area contributed by atoms with E-state index < -0.39 is 0 Å². The SMILES string of the molecule is CCNc1cc(Oc2ccc(C)cc2)nc(C(C)(C)C)n1. The monoisotopic (exact) mass is 285 g/mol. The largest absolute Gasteiger partial charge is 0.439 e. The minimum absolute atomic E-state index is 0.128. The Bertz CT molecular complexity index is 600. The Morgan fingerprint density at radius 2 is 1.76 bits per heavy atom. The highest BCUT2D eigenvalue weighted by molar-refractivity contribution is 5.41. The van der Waals surface area contributed by atoms with E-state index in [-0.39, 0.29) is 5.41 Å². The summed E-state index contributed by atoms with van der Waals surface area (Å²) in [4.78, 5) is 9.08. The second-order valence-corrected chi connectivity index (χ2v) is 6.11. The third-order valence-electron chi connectivity index (χ3n) is 2.97. The molecule has 0 amide bonds. The molecule has 0 aliphatic rings. The number of anilines is 1. The fourth-order valence-corrected chi connectivity index (χ4v) is 1.81. The molecule has 1 heterocycles. The molecule has 0 aliphatic heterocycles. The summed E-state index contributed by atoms with van der Waals surface area (Å²) >= 11 is 0. The van der Waals surface area contributed by atoms with Crippen LogP contribution in [0.5, 0.6) is 11.6 Å². The Morgan fingerprint density at radius 3 is 2.33 bits per heavy atom. The molecule has 1 aromatic carbocycles. The van der Waals surface area contributed by atoms with E-state index in [4.69, 9.17) is 4.74 Å².